The van der Waals surface area contributed by atoms with E-state index in [-0.39, 0.29) is 37.5 Å². The van der Waals surface area contributed by atoms with Crippen LogP contribution >= 0.6 is 0 Å². The summed E-state index contributed by atoms with van der Waals surface area (Å²) in [4.78, 5) is 23.1. The van der Waals surface area contributed by atoms with Crippen molar-refractivity contribution < 1.29 is 13.6 Å². The summed E-state index contributed by atoms with van der Waals surface area (Å²) in [6.07, 6.45) is 3.06. The highest BCUT2D eigenvalue weighted by molar-refractivity contribution is 5.95. The van der Waals surface area contributed by atoms with E-state index in [2.05, 4.69) is 15.1 Å². The van der Waals surface area contributed by atoms with E-state index in [0.717, 1.165) is 21.9 Å². The molecule has 0 N–H and O–H groups in total. The number of piperidine rings is 1. The Bertz CT molecular complexity index is 1270. The van der Waals surface area contributed by atoms with Crippen LogP contribution in [0.2, 0.25) is 0 Å². The molecule has 3 aromatic heterocycles. The number of carbonyl (C=O) groups is 1. The molecule has 1 aliphatic heterocycles. The summed E-state index contributed by atoms with van der Waals surface area (Å²) in [5.74, 6) is -3.00. The molecule has 5 rings (SSSR count). The highest BCUT2D eigenvalue weighted by Gasteiger charge is 2.36. The van der Waals surface area contributed by atoms with Gasteiger partial charge < -0.3 is 4.90 Å². The molecule has 1 aromatic carbocycles. The summed E-state index contributed by atoms with van der Waals surface area (Å²) in [5, 5.41) is 6.12. The van der Waals surface area contributed by atoms with Crippen LogP contribution in [0, 0.1) is 0 Å². The molecule has 1 aliphatic rings. The molecule has 4 heterocycles. The zero-order valence-corrected chi connectivity index (χ0v) is 16.3. The minimum absolute atomic E-state index is 0.0440. The minimum Gasteiger partial charge on any atom is -0.337 e. The first-order chi connectivity index (χ1) is 14.4. The van der Waals surface area contributed by atoms with Gasteiger partial charge in [0.25, 0.3) is 11.8 Å². The molecule has 0 radical (unpaired) electrons. The highest BCUT2D eigenvalue weighted by atomic mass is 19.3. The lowest BCUT2D eigenvalue weighted by Gasteiger charge is -2.31. The number of alkyl halides is 2. The van der Waals surface area contributed by atoms with Crippen LogP contribution in [0.4, 0.5) is 8.78 Å². The molecule has 152 valence electrons. The third-order valence-corrected chi connectivity index (χ3v) is 5.50. The zero-order chi connectivity index (χ0) is 20.9. The molecule has 0 spiro atoms. The van der Waals surface area contributed by atoms with Crippen molar-refractivity contribution in [3.63, 3.8) is 0 Å². The van der Waals surface area contributed by atoms with Gasteiger partial charge in [0.2, 0.25) is 0 Å². The second kappa shape index (κ2) is 6.83. The molecule has 1 fully saturated rings. The Morgan fingerprint density at radius 3 is 2.60 bits per heavy atom. The Morgan fingerprint density at radius 2 is 1.80 bits per heavy atom. The lowest BCUT2D eigenvalue weighted by Crippen LogP contribution is -2.42. The highest BCUT2D eigenvalue weighted by Crippen LogP contribution is 2.29. The molecular formula is C22H19F2N5O. The fourth-order valence-electron chi connectivity index (χ4n) is 3.81. The van der Waals surface area contributed by atoms with Gasteiger partial charge in [0, 0.05) is 61.7 Å². The number of hydrogen-bond donors (Lipinski definition) is 0. The van der Waals surface area contributed by atoms with Crippen LogP contribution in [0.1, 0.15) is 23.3 Å². The number of aryl methyl sites for hydroxylation is 1. The molecule has 8 heteroatoms. The number of pyridine rings is 2. The number of nitrogens with zero attached hydrogens (tertiary/aromatic N) is 5. The monoisotopic (exact) mass is 407 g/mol. The molecule has 0 unspecified atom stereocenters. The van der Waals surface area contributed by atoms with E-state index in [9.17, 15) is 13.6 Å². The van der Waals surface area contributed by atoms with Crippen LogP contribution in [0.25, 0.3) is 33.1 Å². The summed E-state index contributed by atoms with van der Waals surface area (Å²) < 4.78 is 28.5. The Labute approximate surface area is 171 Å². The molecule has 1 amide bonds. The van der Waals surface area contributed by atoms with Gasteiger partial charge in [-0.1, -0.05) is 18.2 Å². The lowest BCUT2D eigenvalue weighted by atomic mass is 10.0. The average Bonchev–Trinajstić information content (AvgIpc) is 3.11. The van der Waals surface area contributed by atoms with Crippen molar-refractivity contribution in [2.45, 2.75) is 18.8 Å². The number of likely N-dealkylation sites (tertiary alicyclic amines) is 1. The van der Waals surface area contributed by atoms with Crippen molar-refractivity contribution in [3.05, 3.63) is 54.5 Å². The van der Waals surface area contributed by atoms with Crippen molar-refractivity contribution in [2.24, 2.45) is 7.05 Å². The van der Waals surface area contributed by atoms with E-state index in [4.69, 9.17) is 0 Å². The van der Waals surface area contributed by atoms with E-state index in [0.29, 0.717) is 11.2 Å². The van der Waals surface area contributed by atoms with Gasteiger partial charge in [-0.15, -0.1) is 0 Å². The first-order valence-corrected chi connectivity index (χ1v) is 9.76. The molecule has 1 saturated heterocycles. The quantitative estimate of drug-likeness (QED) is 0.503. The Hall–Kier alpha value is -3.42. The summed E-state index contributed by atoms with van der Waals surface area (Å²) in [6.45, 7) is 0.0881. The minimum atomic E-state index is -2.69. The third kappa shape index (κ3) is 3.38. The molecule has 0 saturated carbocycles. The summed E-state index contributed by atoms with van der Waals surface area (Å²) >= 11 is 0. The predicted octanol–water partition coefficient (Wildman–Crippen LogP) is 4.05. The predicted molar refractivity (Wildman–Crippen MR) is 109 cm³/mol. The average molecular weight is 407 g/mol. The molecule has 0 aliphatic carbocycles. The second-order valence-corrected chi connectivity index (χ2v) is 7.69. The van der Waals surface area contributed by atoms with Crippen molar-refractivity contribution in [2.75, 3.05) is 13.1 Å². The van der Waals surface area contributed by atoms with Gasteiger partial charge in [-0.2, -0.15) is 5.10 Å². The Morgan fingerprint density at radius 1 is 1.03 bits per heavy atom. The number of rotatable bonds is 2. The van der Waals surface area contributed by atoms with Gasteiger partial charge >= 0.3 is 0 Å². The maximum atomic E-state index is 13.4. The van der Waals surface area contributed by atoms with E-state index >= 15 is 0 Å². The summed E-state index contributed by atoms with van der Waals surface area (Å²) in [6, 6.07) is 11.3. The number of hydrogen-bond acceptors (Lipinski definition) is 4. The topological polar surface area (TPSA) is 63.9 Å². The molecule has 4 aromatic rings. The fourth-order valence-corrected chi connectivity index (χ4v) is 3.81. The van der Waals surface area contributed by atoms with Crippen LogP contribution in [-0.2, 0) is 7.05 Å². The number of aromatic nitrogens is 4. The first kappa shape index (κ1) is 18.6. The Kier molecular flexibility index (Phi) is 4.23. The molecule has 30 heavy (non-hydrogen) atoms. The van der Waals surface area contributed by atoms with Crippen LogP contribution in [0.3, 0.4) is 0 Å². The SMILES string of the molecule is Cn1cc2cc(-c3ccc4ccc(C(=O)N5CCC(F)(F)CC5)nc4c3)cnc2n1. The van der Waals surface area contributed by atoms with Gasteiger partial charge in [-0.3, -0.25) is 9.48 Å². The molecular weight excluding hydrogens is 388 g/mol. The molecule has 0 atom stereocenters. The number of benzene rings is 1. The van der Waals surface area contributed by atoms with Crippen molar-refractivity contribution in [1.29, 1.82) is 0 Å². The van der Waals surface area contributed by atoms with Gasteiger partial charge in [0.1, 0.15) is 5.69 Å². The molecule has 0 bridgehead atoms. The van der Waals surface area contributed by atoms with Gasteiger partial charge in [0.15, 0.2) is 5.65 Å². The summed E-state index contributed by atoms with van der Waals surface area (Å²) in [7, 11) is 1.85. The van der Waals surface area contributed by atoms with E-state index in [1.165, 1.54) is 4.90 Å². The maximum absolute atomic E-state index is 13.4. The number of fused-ring (bicyclic) bond motifs is 2. The maximum Gasteiger partial charge on any atom is 0.272 e. The number of amides is 1. The lowest BCUT2D eigenvalue weighted by molar-refractivity contribution is -0.0495. The first-order valence-electron chi connectivity index (χ1n) is 9.76. The van der Waals surface area contributed by atoms with Crippen molar-refractivity contribution >= 4 is 27.8 Å². The number of carbonyl (C=O) groups excluding carboxylic acids is 1. The van der Waals surface area contributed by atoms with Gasteiger partial charge in [-0.05, 0) is 23.8 Å². The van der Waals surface area contributed by atoms with Gasteiger partial charge in [-0.25, -0.2) is 18.7 Å². The normalized spacial score (nSPS) is 16.3. The van der Waals surface area contributed by atoms with E-state index in [1.807, 2.05) is 43.6 Å². The van der Waals surface area contributed by atoms with Crippen LogP contribution in [0.5, 0.6) is 0 Å². The van der Waals surface area contributed by atoms with Crippen LogP contribution < -0.4 is 0 Å². The third-order valence-electron chi connectivity index (χ3n) is 5.50. The smallest absolute Gasteiger partial charge is 0.272 e. The van der Waals surface area contributed by atoms with E-state index in [1.54, 1.807) is 16.9 Å². The number of halogens is 2. The fraction of sp³-hybridized carbons (Fsp3) is 0.273. The molecule has 6 nitrogen and oxygen atoms in total. The van der Waals surface area contributed by atoms with Crippen LogP contribution in [-0.4, -0.2) is 49.6 Å². The van der Waals surface area contributed by atoms with E-state index < -0.39 is 5.92 Å². The zero-order valence-electron chi connectivity index (χ0n) is 16.3. The van der Waals surface area contributed by atoms with Crippen LogP contribution in [0.15, 0.2) is 48.8 Å². The van der Waals surface area contributed by atoms with Gasteiger partial charge in [0.05, 0.1) is 5.52 Å². The second-order valence-electron chi connectivity index (χ2n) is 7.69. The standard InChI is InChI=1S/C22H19F2N5O/c1-28-13-17-10-16(12-25-20(17)27-28)15-3-2-14-4-5-18(26-19(14)11-15)21(30)29-8-6-22(23,24)7-9-29/h2-5,10-13H,6-9H2,1H3. The van der Waals surface area contributed by atoms with Crippen molar-refractivity contribution in [1.82, 2.24) is 24.6 Å². The largest absolute Gasteiger partial charge is 0.337 e. The van der Waals surface area contributed by atoms with Crippen molar-refractivity contribution in [3.8, 4) is 11.1 Å². The Balaban J connectivity index is 1.47. The summed E-state index contributed by atoms with van der Waals surface area (Å²) in [5.41, 5.74) is 3.47.